The van der Waals surface area contributed by atoms with Crippen molar-refractivity contribution in [3.05, 3.63) is 25.3 Å². The molecule has 0 amide bonds. The molecule has 0 aromatic heterocycles. The van der Waals surface area contributed by atoms with Crippen LogP contribution in [0.2, 0.25) is 0 Å². The van der Waals surface area contributed by atoms with E-state index in [1.807, 2.05) is 0 Å². The minimum atomic E-state index is -0.351. The molecule has 3 rings (SSSR count). The lowest BCUT2D eigenvalue weighted by molar-refractivity contribution is -0.147. The predicted octanol–water partition coefficient (Wildman–Crippen LogP) is 2.50. The van der Waals surface area contributed by atoms with E-state index in [9.17, 15) is 9.59 Å². The lowest BCUT2D eigenvalue weighted by Crippen LogP contribution is -2.35. The summed E-state index contributed by atoms with van der Waals surface area (Å²) >= 11 is 0. The van der Waals surface area contributed by atoms with Crippen molar-refractivity contribution >= 4 is 11.9 Å². The minimum absolute atomic E-state index is 0.0254. The number of ether oxygens (including phenoxy) is 2. The molecular formula is C17H22O4. The van der Waals surface area contributed by atoms with Crippen LogP contribution in [0.15, 0.2) is 25.3 Å². The number of rotatable bonds is 5. The van der Waals surface area contributed by atoms with Gasteiger partial charge in [0, 0.05) is 12.2 Å². The van der Waals surface area contributed by atoms with E-state index in [0.717, 1.165) is 25.2 Å². The number of hydrogen-bond donors (Lipinski definition) is 0. The van der Waals surface area contributed by atoms with Crippen molar-refractivity contribution in [2.24, 2.45) is 29.6 Å². The van der Waals surface area contributed by atoms with E-state index in [4.69, 9.17) is 9.47 Å². The second kappa shape index (κ2) is 5.66. The quantitative estimate of drug-likeness (QED) is 0.576. The lowest BCUT2D eigenvalue weighted by Gasteiger charge is -2.33. The van der Waals surface area contributed by atoms with Crippen LogP contribution in [0.25, 0.3) is 0 Å². The van der Waals surface area contributed by atoms with E-state index in [-0.39, 0.29) is 18.0 Å². The zero-order valence-corrected chi connectivity index (χ0v) is 12.2. The third-order valence-corrected chi connectivity index (χ3v) is 5.64. The summed E-state index contributed by atoms with van der Waals surface area (Å²) in [5.41, 5.74) is 0. The monoisotopic (exact) mass is 290 g/mol. The topological polar surface area (TPSA) is 52.6 Å². The first-order chi connectivity index (χ1) is 10.1. The van der Waals surface area contributed by atoms with E-state index < -0.39 is 0 Å². The Hall–Kier alpha value is -1.58. The van der Waals surface area contributed by atoms with Gasteiger partial charge in [0.05, 0.1) is 6.61 Å². The van der Waals surface area contributed by atoms with Crippen molar-refractivity contribution in [2.45, 2.75) is 31.8 Å². The van der Waals surface area contributed by atoms with Crippen LogP contribution in [-0.2, 0) is 19.1 Å². The molecule has 4 nitrogen and oxygen atoms in total. The van der Waals surface area contributed by atoms with Crippen molar-refractivity contribution in [1.29, 1.82) is 0 Å². The van der Waals surface area contributed by atoms with Gasteiger partial charge in [-0.3, -0.25) is 0 Å². The van der Waals surface area contributed by atoms with Crippen LogP contribution < -0.4 is 0 Å². The van der Waals surface area contributed by atoms with Crippen LogP contribution in [0.5, 0.6) is 0 Å². The molecule has 114 valence electrons. The molecule has 0 N–H and O–H groups in total. The normalized spacial score (nSPS) is 39.6. The molecule has 21 heavy (non-hydrogen) atoms. The molecular weight excluding hydrogens is 268 g/mol. The van der Waals surface area contributed by atoms with E-state index in [1.165, 1.54) is 18.6 Å². The highest BCUT2D eigenvalue weighted by Gasteiger charge is 2.58. The van der Waals surface area contributed by atoms with Crippen LogP contribution in [0.1, 0.15) is 25.7 Å². The second-order valence-electron chi connectivity index (χ2n) is 6.49. The molecule has 0 aliphatic heterocycles. The van der Waals surface area contributed by atoms with Gasteiger partial charge in [-0.1, -0.05) is 13.2 Å². The van der Waals surface area contributed by atoms with Crippen LogP contribution in [0.4, 0.5) is 0 Å². The maximum absolute atomic E-state index is 11.5. The minimum Gasteiger partial charge on any atom is -0.462 e. The Balaban J connectivity index is 1.64. The van der Waals surface area contributed by atoms with Gasteiger partial charge >= 0.3 is 11.9 Å². The average Bonchev–Trinajstić information content (AvgIpc) is 3.16. The van der Waals surface area contributed by atoms with Gasteiger partial charge in [0.25, 0.3) is 0 Å². The van der Waals surface area contributed by atoms with E-state index in [1.54, 1.807) is 0 Å². The Bertz CT molecular complexity index is 469. The number of fused-ring (bicyclic) bond motifs is 5. The fourth-order valence-corrected chi connectivity index (χ4v) is 4.96. The molecule has 4 heteroatoms. The zero-order chi connectivity index (χ0) is 15.0. The van der Waals surface area contributed by atoms with E-state index in [0.29, 0.717) is 30.3 Å². The van der Waals surface area contributed by atoms with Crippen molar-refractivity contribution in [2.75, 3.05) is 6.61 Å². The summed E-state index contributed by atoms with van der Waals surface area (Å²) in [6, 6.07) is 0. The second-order valence-corrected chi connectivity index (χ2v) is 6.49. The summed E-state index contributed by atoms with van der Waals surface area (Å²) in [6.45, 7) is 7.36. The van der Waals surface area contributed by atoms with Gasteiger partial charge < -0.3 is 9.47 Å². The molecule has 3 saturated carbocycles. The predicted molar refractivity (Wildman–Crippen MR) is 77.2 cm³/mol. The SMILES string of the molecule is C=CC(=O)OCC1CCC2C3CC(OC(=O)C=C)C(C3)C12. The third-order valence-electron chi connectivity index (χ3n) is 5.64. The summed E-state index contributed by atoms with van der Waals surface area (Å²) < 4.78 is 10.8. The molecule has 6 unspecified atom stereocenters. The zero-order valence-electron chi connectivity index (χ0n) is 12.2. The van der Waals surface area contributed by atoms with Gasteiger partial charge in [0.2, 0.25) is 0 Å². The molecule has 3 fully saturated rings. The first kappa shape index (κ1) is 14.4. The van der Waals surface area contributed by atoms with Crippen molar-refractivity contribution in [3.8, 4) is 0 Å². The molecule has 0 saturated heterocycles. The first-order valence-electron chi connectivity index (χ1n) is 7.76. The Morgan fingerprint density at radius 2 is 1.81 bits per heavy atom. The number of carbonyl (C=O) groups is 2. The Morgan fingerprint density at radius 3 is 2.52 bits per heavy atom. The highest BCUT2D eigenvalue weighted by atomic mass is 16.5. The highest BCUT2D eigenvalue weighted by molar-refractivity contribution is 5.81. The summed E-state index contributed by atoms with van der Waals surface area (Å²) in [7, 11) is 0. The fourth-order valence-electron chi connectivity index (χ4n) is 4.96. The largest absolute Gasteiger partial charge is 0.462 e. The Labute approximate surface area is 125 Å². The molecule has 3 aliphatic rings. The van der Waals surface area contributed by atoms with Gasteiger partial charge in [-0.2, -0.15) is 0 Å². The first-order valence-corrected chi connectivity index (χ1v) is 7.76. The highest BCUT2D eigenvalue weighted by Crippen LogP contribution is 2.61. The van der Waals surface area contributed by atoms with Crippen LogP contribution in [0, 0.1) is 29.6 Å². The van der Waals surface area contributed by atoms with E-state index in [2.05, 4.69) is 13.2 Å². The molecule has 6 atom stereocenters. The number of hydrogen-bond acceptors (Lipinski definition) is 4. The number of carbonyl (C=O) groups excluding carboxylic acids is 2. The molecule has 2 bridgehead atoms. The van der Waals surface area contributed by atoms with Gasteiger partial charge in [-0.05, 0) is 55.3 Å². The van der Waals surface area contributed by atoms with Crippen LogP contribution >= 0.6 is 0 Å². The summed E-state index contributed by atoms with van der Waals surface area (Å²) in [4.78, 5) is 22.7. The van der Waals surface area contributed by atoms with Gasteiger partial charge in [0.15, 0.2) is 0 Å². The molecule has 0 radical (unpaired) electrons. The number of esters is 2. The third kappa shape index (κ3) is 2.52. The molecule has 0 spiro atoms. The molecule has 0 aromatic rings. The molecule has 0 aromatic carbocycles. The summed E-state index contributed by atoms with van der Waals surface area (Å²) in [5, 5.41) is 0. The smallest absolute Gasteiger partial charge is 0.330 e. The van der Waals surface area contributed by atoms with Crippen molar-refractivity contribution in [1.82, 2.24) is 0 Å². The molecule has 3 aliphatic carbocycles. The lowest BCUT2D eigenvalue weighted by atomic mass is 9.76. The van der Waals surface area contributed by atoms with Gasteiger partial charge in [0.1, 0.15) is 6.10 Å². The standard InChI is InChI=1S/C17H22O4/c1-3-15(18)20-9-10-5-6-12-11-7-13(17(10)12)14(8-11)21-16(19)4-2/h3-4,10-14,17H,1-2,5-9H2. The molecule has 0 heterocycles. The Kier molecular flexibility index (Phi) is 3.87. The summed E-state index contributed by atoms with van der Waals surface area (Å²) in [6.07, 6.45) is 6.93. The van der Waals surface area contributed by atoms with Gasteiger partial charge in [-0.15, -0.1) is 0 Å². The maximum Gasteiger partial charge on any atom is 0.330 e. The maximum atomic E-state index is 11.5. The van der Waals surface area contributed by atoms with Crippen molar-refractivity contribution in [3.63, 3.8) is 0 Å². The van der Waals surface area contributed by atoms with Gasteiger partial charge in [-0.25, -0.2) is 9.59 Å². The Morgan fingerprint density at radius 1 is 1.05 bits per heavy atom. The fraction of sp³-hybridized carbons (Fsp3) is 0.647. The van der Waals surface area contributed by atoms with Crippen LogP contribution in [-0.4, -0.2) is 24.6 Å². The van der Waals surface area contributed by atoms with Crippen molar-refractivity contribution < 1.29 is 19.1 Å². The average molecular weight is 290 g/mol. The summed E-state index contributed by atoms with van der Waals surface area (Å²) in [5.74, 6) is 2.08. The van der Waals surface area contributed by atoms with E-state index >= 15 is 0 Å². The van der Waals surface area contributed by atoms with Crippen LogP contribution in [0.3, 0.4) is 0 Å².